The van der Waals surface area contributed by atoms with Crippen LogP contribution in [-0.2, 0) is 21.4 Å². The fraction of sp³-hybridized carbons (Fsp3) is 0.278. The second-order valence-electron chi connectivity index (χ2n) is 5.77. The maximum atomic E-state index is 12.3. The van der Waals surface area contributed by atoms with E-state index in [9.17, 15) is 13.2 Å². The number of amides is 1. The Morgan fingerprint density at radius 1 is 1.12 bits per heavy atom. The van der Waals surface area contributed by atoms with Gasteiger partial charge in [-0.15, -0.1) is 0 Å². The number of carbonyl (C=O) groups is 1. The summed E-state index contributed by atoms with van der Waals surface area (Å²) < 4.78 is 30.4. The molecule has 2 aromatic carbocycles. The lowest BCUT2D eigenvalue weighted by molar-refractivity contribution is -0.116. The Hall–Kier alpha value is -2.38. The predicted molar refractivity (Wildman–Crippen MR) is 98.1 cm³/mol. The summed E-state index contributed by atoms with van der Waals surface area (Å²) in [7, 11) is -2.03. The van der Waals surface area contributed by atoms with Crippen molar-refractivity contribution in [2.24, 2.45) is 0 Å². The van der Waals surface area contributed by atoms with Crippen LogP contribution in [0.3, 0.4) is 0 Å². The van der Waals surface area contributed by atoms with Crippen LogP contribution in [-0.4, -0.2) is 38.5 Å². The number of aryl methyl sites for hydroxylation is 1. The van der Waals surface area contributed by atoms with E-state index in [1.165, 1.54) is 7.11 Å². The summed E-state index contributed by atoms with van der Waals surface area (Å²) in [4.78, 5) is 12.3. The van der Waals surface area contributed by atoms with E-state index < -0.39 is 15.9 Å². The quantitative estimate of drug-likeness (QED) is 0.821. The minimum Gasteiger partial charge on any atom is -0.495 e. The SMILES string of the molecule is COc1ccccc1NC(=O)CN(Cc1ccc(C)cc1)S(C)(=O)=O. The standard InChI is InChI=1S/C18H22N2O4S/c1-14-8-10-15(11-9-14)12-20(25(3,22)23)13-18(21)19-16-6-4-5-7-17(16)24-2/h4-11H,12-13H2,1-3H3,(H,19,21). The lowest BCUT2D eigenvalue weighted by Crippen LogP contribution is -2.36. The van der Waals surface area contributed by atoms with Gasteiger partial charge in [0.1, 0.15) is 5.75 Å². The normalized spacial score (nSPS) is 11.4. The van der Waals surface area contributed by atoms with E-state index in [1.54, 1.807) is 24.3 Å². The van der Waals surface area contributed by atoms with Crippen LogP contribution in [0.4, 0.5) is 5.69 Å². The molecule has 6 nitrogen and oxygen atoms in total. The molecule has 1 amide bonds. The molecule has 0 bridgehead atoms. The van der Waals surface area contributed by atoms with E-state index in [0.29, 0.717) is 11.4 Å². The summed E-state index contributed by atoms with van der Waals surface area (Å²) in [5, 5.41) is 2.69. The molecule has 0 aromatic heterocycles. The van der Waals surface area contributed by atoms with Crippen molar-refractivity contribution in [3.05, 3.63) is 59.7 Å². The van der Waals surface area contributed by atoms with Crippen molar-refractivity contribution < 1.29 is 17.9 Å². The number of nitrogens with zero attached hydrogens (tertiary/aromatic N) is 1. The van der Waals surface area contributed by atoms with Crippen LogP contribution in [0.1, 0.15) is 11.1 Å². The molecule has 0 aliphatic rings. The van der Waals surface area contributed by atoms with Crippen molar-refractivity contribution in [3.8, 4) is 5.75 Å². The summed E-state index contributed by atoms with van der Waals surface area (Å²) in [5.41, 5.74) is 2.41. The van der Waals surface area contributed by atoms with E-state index in [1.807, 2.05) is 31.2 Å². The molecule has 1 N–H and O–H groups in total. The van der Waals surface area contributed by atoms with Crippen molar-refractivity contribution >= 4 is 21.6 Å². The van der Waals surface area contributed by atoms with Gasteiger partial charge in [-0.05, 0) is 24.6 Å². The Balaban J connectivity index is 2.11. The first-order chi connectivity index (χ1) is 11.8. The highest BCUT2D eigenvalue weighted by atomic mass is 32.2. The zero-order chi connectivity index (χ0) is 18.4. The molecule has 0 unspecified atom stereocenters. The molecule has 134 valence electrons. The number of nitrogens with one attached hydrogen (secondary N) is 1. The van der Waals surface area contributed by atoms with Crippen LogP contribution in [0.5, 0.6) is 5.75 Å². The highest BCUT2D eigenvalue weighted by Gasteiger charge is 2.21. The molecular formula is C18H22N2O4S. The van der Waals surface area contributed by atoms with E-state index in [4.69, 9.17) is 4.74 Å². The van der Waals surface area contributed by atoms with Crippen molar-refractivity contribution in [1.82, 2.24) is 4.31 Å². The molecule has 0 aliphatic heterocycles. The van der Waals surface area contributed by atoms with Gasteiger partial charge in [0.15, 0.2) is 0 Å². The summed E-state index contributed by atoms with van der Waals surface area (Å²) >= 11 is 0. The lowest BCUT2D eigenvalue weighted by Gasteiger charge is -2.20. The average Bonchev–Trinajstić information content (AvgIpc) is 2.56. The van der Waals surface area contributed by atoms with Gasteiger partial charge in [0.05, 0.1) is 25.6 Å². The number of hydrogen-bond acceptors (Lipinski definition) is 4. The third-order valence-electron chi connectivity index (χ3n) is 3.65. The average molecular weight is 362 g/mol. The summed E-state index contributed by atoms with van der Waals surface area (Å²) in [6, 6.07) is 14.5. The molecule has 7 heteroatoms. The zero-order valence-corrected chi connectivity index (χ0v) is 15.3. The topological polar surface area (TPSA) is 75.7 Å². The molecule has 0 heterocycles. The van der Waals surface area contributed by atoms with Gasteiger partial charge in [0, 0.05) is 6.54 Å². The van der Waals surface area contributed by atoms with E-state index in [-0.39, 0.29) is 13.1 Å². The number of sulfonamides is 1. The molecular weight excluding hydrogens is 340 g/mol. The summed E-state index contributed by atoms with van der Waals surface area (Å²) in [5.74, 6) is 0.0855. The molecule has 25 heavy (non-hydrogen) atoms. The maximum Gasteiger partial charge on any atom is 0.239 e. The number of rotatable bonds is 7. The molecule has 2 aromatic rings. The minimum absolute atomic E-state index is 0.137. The monoisotopic (exact) mass is 362 g/mol. The van der Waals surface area contributed by atoms with Crippen LogP contribution in [0.15, 0.2) is 48.5 Å². The van der Waals surface area contributed by atoms with Crippen molar-refractivity contribution in [1.29, 1.82) is 0 Å². The van der Waals surface area contributed by atoms with Crippen LogP contribution < -0.4 is 10.1 Å². The summed E-state index contributed by atoms with van der Waals surface area (Å²) in [6.07, 6.45) is 1.09. The Bertz CT molecular complexity index is 832. The van der Waals surface area contributed by atoms with E-state index >= 15 is 0 Å². The maximum absolute atomic E-state index is 12.3. The third kappa shape index (κ3) is 5.58. The van der Waals surface area contributed by atoms with Crippen LogP contribution in [0.25, 0.3) is 0 Å². The largest absolute Gasteiger partial charge is 0.495 e. The molecule has 0 saturated carbocycles. The van der Waals surface area contributed by atoms with Crippen molar-refractivity contribution in [2.45, 2.75) is 13.5 Å². The molecule has 0 fully saturated rings. The number of methoxy groups -OCH3 is 1. The number of carbonyl (C=O) groups excluding carboxylic acids is 1. The first-order valence-electron chi connectivity index (χ1n) is 7.73. The first-order valence-corrected chi connectivity index (χ1v) is 9.58. The number of para-hydroxylation sites is 2. The minimum atomic E-state index is -3.54. The van der Waals surface area contributed by atoms with E-state index in [0.717, 1.165) is 21.7 Å². The van der Waals surface area contributed by atoms with Gasteiger partial charge in [-0.3, -0.25) is 4.79 Å². The number of ether oxygens (including phenoxy) is 1. The smallest absolute Gasteiger partial charge is 0.239 e. The molecule has 0 saturated heterocycles. The second-order valence-corrected chi connectivity index (χ2v) is 7.75. The Labute approximate surface area is 148 Å². The molecule has 0 atom stereocenters. The van der Waals surface area contributed by atoms with Gasteiger partial charge >= 0.3 is 0 Å². The molecule has 0 spiro atoms. The van der Waals surface area contributed by atoms with Crippen molar-refractivity contribution in [3.63, 3.8) is 0 Å². The zero-order valence-electron chi connectivity index (χ0n) is 14.5. The van der Waals surface area contributed by atoms with Gasteiger partial charge < -0.3 is 10.1 Å². The molecule has 0 aliphatic carbocycles. The van der Waals surface area contributed by atoms with Gasteiger partial charge in [-0.2, -0.15) is 4.31 Å². The van der Waals surface area contributed by atoms with Crippen molar-refractivity contribution in [2.75, 3.05) is 25.2 Å². The number of anilines is 1. The third-order valence-corrected chi connectivity index (χ3v) is 4.85. The molecule has 0 radical (unpaired) electrons. The number of benzene rings is 2. The van der Waals surface area contributed by atoms with Crippen LogP contribution in [0, 0.1) is 6.92 Å². The Kier molecular flexibility index (Phi) is 6.17. The predicted octanol–water partition coefficient (Wildman–Crippen LogP) is 2.40. The number of hydrogen-bond donors (Lipinski definition) is 1. The summed E-state index contributed by atoms with van der Waals surface area (Å²) in [6.45, 7) is 1.82. The lowest BCUT2D eigenvalue weighted by atomic mass is 10.1. The highest BCUT2D eigenvalue weighted by Crippen LogP contribution is 2.23. The van der Waals surface area contributed by atoms with Crippen LogP contribution >= 0.6 is 0 Å². The fourth-order valence-electron chi connectivity index (χ4n) is 2.29. The Morgan fingerprint density at radius 2 is 1.76 bits per heavy atom. The Morgan fingerprint density at radius 3 is 2.36 bits per heavy atom. The molecule has 2 rings (SSSR count). The van der Waals surface area contributed by atoms with Crippen LogP contribution in [0.2, 0.25) is 0 Å². The van der Waals surface area contributed by atoms with Gasteiger partial charge in [-0.25, -0.2) is 8.42 Å². The highest BCUT2D eigenvalue weighted by molar-refractivity contribution is 7.88. The second kappa shape index (κ2) is 8.13. The fourth-order valence-corrected chi connectivity index (χ4v) is 3.02. The van der Waals surface area contributed by atoms with Gasteiger partial charge in [0.25, 0.3) is 0 Å². The van der Waals surface area contributed by atoms with Gasteiger partial charge in [-0.1, -0.05) is 42.0 Å². The van der Waals surface area contributed by atoms with E-state index in [2.05, 4.69) is 5.32 Å². The first kappa shape index (κ1) is 19.0. The van der Waals surface area contributed by atoms with Gasteiger partial charge in [0.2, 0.25) is 15.9 Å².